The van der Waals surface area contributed by atoms with Gasteiger partial charge in [-0.15, -0.1) is 0 Å². The van der Waals surface area contributed by atoms with Crippen molar-refractivity contribution in [3.8, 4) is 6.07 Å². The summed E-state index contributed by atoms with van der Waals surface area (Å²) in [7, 11) is 0. The molecular formula is C14H18N2O2. The van der Waals surface area contributed by atoms with Crippen LogP contribution in [0.1, 0.15) is 39.0 Å². The van der Waals surface area contributed by atoms with Crippen molar-refractivity contribution in [2.45, 2.75) is 45.1 Å². The highest BCUT2D eigenvalue weighted by Crippen LogP contribution is 2.47. The van der Waals surface area contributed by atoms with E-state index in [4.69, 9.17) is 0 Å². The number of hydrogen-bond acceptors (Lipinski definition) is 3. The van der Waals surface area contributed by atoms with E-state index in [2.05, 4.69) is 13.0 Å². The van der Waals surface area contributed by atoms with E-state index in [9.17, 15) is 14.9 Å². The molecule has 0 aromatic carbocycles. The number of carbonyl (C=O) groups is 2. The topological polar surface area (TPSA) is 61.2 Å². The van der Waals surface area contributed by atoms with E-state index < -0.39 is 6.04 Å². The second kappa shape index (κ2) is 4.08. The van der Waals surface area contributed by atoms with Crippen molar-refractivity contribution >= 4 is 11.8 Å². The fourth-order valence-electron chi connectivity index (χ4n) is 3.55. The van der Waals surface area contributed by atoms with Gasteiger partial charge in [0.15, 0.2) is 0 Å². The maximum absolute atomic E-state index is 12.3. The molecule has 96 valence electrons. The Morgan fingerprint density at radius 1 is 1.28 bits per heavy atom. The highest BCUT2D eigenvalue weighted by Gasteiger charge is 2.56. The van der Waals surface area contributed by atoms with E-state index >= 15 is 0 Å². The molecule has 1 aliphatic heterocycles. The molecule has 0 aromatic rings. The Kier molecular flexibility index (Phi) is 2.65. The lowest BCUT2D eigenvalue weighted by molar-refractivity contribution is -0.142. The minimum absolute atomic E-state index is 0.0700. The highest BCUT2D eigenvalue weighted by molar-refractivity contribution is 6.06. The molecule has 3 atom stereocenters. The van der Waals surface area contributed by atoms with E-state index in [1.165, 1.54) is 4.90 Å². The van der Waals surface area contributed by atoms with Gasteiger partial charge in [0.25, 0.3) is 0 Å². The van der Waals surface area contributed by atoms with Crippen LogP contribution in [0.4, 0.5) is 0 Å². The normalized spacial score (nSPS) is 36.7. The molecule has 3 rings (SSSR count). The van der Waals surface area contributed by atoms with Gasteiger partial charge in [0, 0.05) is 0 Å². The summed E-state index contributed by atoms with van der Waals surface area (Å²) in [4.78, 5) is 26.0. The van der Waals surface area contributed by atoms with Crippen LogP contribution in [0.2, 0.25) is 0 Å². The standard InChI is InChI=1S/C14H18N2O2/c1-2-8-5-10-11(6-8)14(18)16(13(10)17)12(7-15)9-3-4-9/h8-12H,2-6H2,1H3. The Morgan fingerprint density at radius 2 is 1.83 bits per heavy atom. The Balaban J connectivity index is 1.82. The quantitative estimate of drug-likeness (QED) is 0.712. The Labute approximate surface area is 107 Å². The largest absolute Gasteiger partial charge is 0.274 e. The molecular weight excluding hydrogens is 228 g/mol. The van der Waals surface area contributed by atoms with Crippen molar-refractivity contribution in [1.29, 1.82) is 5.26 Å². The number of imide groups is 1. The lowest BCUT2D eigenvalue weighted by Gasteiger charge is -2.22. The van der Waals surface area contributed by atoms with Gasteiger partial charge < -0.3 is 0 Å². The third-order valence-corrected chi connectivity index (χ3v) is 4.83. The fraction of sp³-hybridized carbons (Fsp3) is 0.786. The number of nitrogens with zero attached hydrogens (tertiary/aromatic N) is 2. The molecule has 0 N–H and O–H groups in total. The number of nitriles is 1. The van der Waals surface area contributed by atoms with E-state index in [1.54, 1.807) is 0 Å². The van der Waals surface area contributed by atoms with Gasteiger partial charge in [0.05, 0.1) is 17.9 Å². The molecule has 0 radical (unpaired) electrons. The molecule has 0 bridgehead atoms. The predicted molar refractivity (Wildman–Crippen MR) is 64.0 cm³/mol. The molecule has 2 amide bonds. The first-order valence-corrected chi connectivity index (χ1v) is 6.93. The predicted octanol–water partition coefficient (Wildman–Crippen LogP) is 1.71. The van der Waals surface area contributed by atoms with E-state index in [-0.39, 0.29) is 29.6 Å². The molecule has 3 unspecified atom stereocenters. The van der Waals surface area contributed by atoms with Crippen LogP contribution < -0.4 is 0 Å². The monoisotopic (exact) mass is 246 g/mol. The molecule has 1 saturated heterocycles. The van der Waals surface area contributed by atoms with Gasteiger partial charge >= 0.3 is 0 Å². The van der Waals surface area contributed by atoms with Crippen molar-refractivity contribution in [2.75, 3.05) is 0 Å². The van der Waals surface area contributed by atoms with Gasteiger partial charge in [-0.3, -0.25) is 14.5 Å². The number of fused-ring (bicyclic) bond motifs is 1. The van der Waals surface area contributed by atoms with Gasteiger partial charge in [0.1, 0.15) is 6.04 Å². The Hall–Kier alpha value is -1.37. The summed E-state index contributed by atoms with van der Waals surface area (Å²) in [6.07, 6.45) is 4.67. The lowest BCUT2D eigenvalue weighted by Crippen LogP contribution is -2.41. The minimum atomic E-state index is -0.490. The zero-order valence-electron chi connectivity index (χ0n) is 10.6. The molecule has 0 aromatic heterocycles. The second-order valence-corrected chi connectivity index (χ2v) is 5.92. The number of carbonyl (C=O) groups excluding carboxylic acids is 2. The number of hydrogen-bond donors (Lipinski definition) is 0. The maximum atomic E-state index is 12.3. The van der Waals surface area contributed by atoms with Crippen LogP contribution in [0.25, 0.3) is 0 Å². The second-order valence-electron chi connectivity index (χ2n) is 5.92. The maximum Gasteiger partial charge on any atom is 0.234 e. The van der Waals surface area contributed by atoms with Crippen molar-refractivity contribution in [3.05, 3.63) is 0 Å². The summed E-state index contributed by atoms with van der Waals surface area (Å²) in [5, 5.41) is 9.20. The molecule has 2 saturated carbocycles. The smallest absolute Gasteiger partial charge is 0.234 e. The fourth-order valence-corrected chi connectivity index (χ4v) is 3.55. The SMILES string of the molecule is CCC1CC2C(=O)N(C(C#N)C3CC3)C(=O)C2C1. The number of likely N-dealkylation sites (tertiary alicyclic amines) is 1. The summed E-state index contributed by atoms with van der Waals surface area (Å²) in [5.74, 6) is 0.355. The highest BCUT2D eigenvalue weighted by atomic mass is 16.2. The summed E-state index contributed by atoms with van der Waals surface area (Å²) >= 11 is 0. The molecule has 3 fully saturated rings. The van der Waals surface area contributed by atoms with Crippen LogP contribution in [0, 0.1) is 35.0 Å². The first kappa shape index (κ1) is 11.7. The first-order valence-electron chi connectivity index (χ1n) is 6.93. The Morgan fingerprint density at radius 3 is 2.22 bits per heavy atom. The zero-order chi connectivity index (χ0) is 12.9. The van der Waals surface area contributed by atoms with Crippen molar-refractivity contribution in [1.82, 2.24) is 4.90 Å². The average Bonchev–Trinajstić information content (AvgIpc) is 3.06. The first-order chi connectivity index (χ1) is 8.67. The molecule has 1 heterocycles. The molecule has 0 spiro atoms. The van der Waals surface area contributed by atoms with Gasteiger partial charge in [-0.1, -0.05) is 13.3 Å². The van der Waals surface area contributed by atoms with Gasteiger partial charge in [-0.2, -0.15) is 5.26 Å². The lowest BCUT2D eigenvalue weighted by atomic mass is 10.00. The van der Waals surface area contributed by atoms with Gasteiger partial charge in [0.2, 0.25) is 11.8 Å². The zero-order valence-corrected chi connectivity index (χ0v) is 10.6. The number of rotatable bonds is 3. The van der Waals surface area contributed by atoms with Crippen molar-refractivity contribution in [3.63, 3.8) is 0 Å². The minimum Gasteiger partial charge on any atom is -0.274 e. The summed E-state index contributed by atoms with van der Waals surface area (Å²) in [6, 6.07) is 1.68. The van der Waals surface area contributed by atoms with Gasteiger partial charge in [-0.25, -0.2) is 0 Å². The van der Waals surface area contributed by atoms with Crippen LogP contribution in [-0.2, 0) is 9.59 Å². The Bertz CT molecular complexity index is 412. The van der Waals surface area contributed by atoms with E-state index in [0.717, 1.165) is 32.1 Å². The summed E-state index contributed by atoms with van der Waals surface area (Å²) in [6.45, 7) is 2.11. The third kappa shape index (κ3) is 1.57. The molecule has 4 nitrogen and oxygen atoms in total. The molecule has 18 heavy (non-hydrogen) atoms. The van der Waals surface area contributed by atoms with Crippen LogP contribution in [0.15, 0.2) is 0 Å². The van der Waals surface area contributed by atoms with Crippen molar-refractivity contribution < 1.29 is 9.59 Å². The van der Waals surface area contributed by atoms with Gasteiger partial charge in [-0.05, 0) is 37.5 Å². The van der Waals surface area contributed by atoms with E-state index in [0.29, 0.717) is 5.92 Å². The molecule has 2 aliphatic carbocycles. The van der Waals surface area contributed by atoms with Crippen LogP contribution in [0.3, 0.4) is 0 Å². The van der Waals surface area contributed by atoms with E-state index in [1.807, 2.05) is 0 Å². The van der Waals surface area contributed by atoms with Crippen molar-refractivity contribution in [2.24, 2.45) is 23.7 Å². The molecule has 4 heteroatoms. The average molecular weight is 246 g/mol. The third-order valence-electron chi connectivity index (χ3n) is 4.83. The summed E-state index contributed by atoms with van der Waals surface area (Å²) in [5.41, 5.74) is 0. The van der Waals surface area contributed by atoms with Crippen LogP contribution in [0.5, 0.6) is 0 Å². The molecule has 3 aliphatic rings. The van der Waals surface area contributed by atoms with Crippen LogP contribution in [-0.4, -0.2) is 22.8 Å². The van der Waals surface area contributed by atoms with Crippen LogP contribution >= 0.6 is 0 Å². The summed E-state index contributed by atoms with van der Waals surface area (Å²) < 4.78 is 0. The number of amides is 2.